The third-order valence-corrected chi connectivity index (χ3v) is 4.60. The number of hydrogen-bond donors (Lipinski definition) is 0. The van der Waals surface area contributed by atoms with Crippen molar-refractivity contribution in [3.63, 3.8) is 0 Å². The summed E-state index contributed by atoms with van der Waals surface area (Å²) in [6, 6.07) is 7.04. The molecule has 2 heterocycles. The average Bonchev–Trinajstić information content (AvgIpc) is 2.76. The van der Waals surface area contributed by atoms with Crippen LogP contribution in [0.15, 0.2) is 23.2 Å². The van der Waals surface area contributed by atoms with E-state index in [2.05, 4.69) is 36.6 Å². The van der Waals surface area contributed by atoms with E-state index < -0.39 is 0 Å². The molecule has 0 bridgehead atoms. The molecule has 1 aromatic heterocycles. The van der Waals surface area contributed by atoms with Crippen molar-refractivity contribution in [1.29, 1.82) is 0 Å². The Kier molecular flexibility index (Phi) is 2.35. The van der Waals surface area contributed by atoms with E-state index in [1.807, 2.05) is 0 Å². The van der Waals surface area contributed by atoms with Gasteiger partial charge in [0.25, 0.3) is 0 Å². The molecule has 2 nitrogen and oxygen atoms in total. The van der Waals surface area contributed by atoms with E-state index in [-0.39, 0.29) is 0 Å². The maximum atomic E-state index is 4.75. The topological polar surface area (TPSA) is 17.3 Å². The summed E-state index contributed by atoms with van der Waals surface area (Å²) in [5, 5.41) is 1.48. The highest BCUT2D eigenvalue weighted by Gasteiger charge is 2.26. The normalized spacial score (nSPS) is 17.7. The summed E-state index contributed by atoms with van der Waals surface area (Å²) in [5.74, 6) is 0.602. The molecule has 2 aromatic rings. The van der Waals surface area contributed by atoms with E-state index in [9.17, 15) is 0 Å². The van der Waals surface area contributed by atoms with Crippen molar-refractivity contribution in [1.82, 2.24) is 4.57 Å². The van der Waals surface area contributed by atoms with E-state index in [1.54, 1.807) is 5.56 Å². The molecule has 0 unspecified atom stereocenters. The second kappa shape index (κ2) is 3.96. The molecule has 2 heteroatoms. The lowest BCUT2D eigenvalue weighted by Gasteiger charge is -2.21. The van der Waals surface area contributed by atoms with Crippen LogP contribution < -0.4 is 0 Å². The minimum Gasteiger partial charge on any atom is -0.337 e. The van der Waals surface area contributed by atoms with Crippen molar-refractivity contribution < 1.29 is 0 Å². The maximum absolute atomic E-state index is 4.75. The second-order valence-electron chi connectivity index (χ2n) is 6.09. The van der Waals surface area contributed by atoms with Crippen molar-refractivity contribution in [2.45, 2.75) is 45.6 Å². The molecular weight excluding hydrogens is 232 g/mol. The lowest BCUT2D eigenvalue weighted by Crippen LogP contribution is -2.22. The standard InChI is InChI=1S/C17H20N2/c1-11(2)12-6-7-16-14(10-12)13-4-3-5-15-17(13)19(16)9-8-18-15/h6-7,10-11H,3-5,8-9H2,1-2H3. The highest BCUT2D eigenvalue weighted by Crippen LogP contribution is 2.35. The lowest BCUT2D eigenvalue weighted by atomic mass is 9.92. The molecule has 1 aliphatic heterocycles. The van der Waals surface area contributed by atoms with Crippen LogP contribution in [0.5, 0.6) is 0 Å². The Morgan fingerprint density at radius 1 is 1.21 bits per heavy atom. The monoisotopic (exact) mass is 252 g/mol. The highest BCUT2D eigenvalue weighted by molar-refractivity contribution is 6.07. The van der Waals surface area contributed by atoms with Crippen molar-refractivity contribution in [2.75, 3.05) is 6.54 Å². The van der Waals surface area contributed by atoms with Crippen molar-refractivity contribution in [3.8, 4) is 0 Å². The highest BCUT2D eigenvalue weighted by atomic mass is 15.1. The predicted molar refractivity (Wildman–Crippen MR) is 80.4 cm³/mol. The van der Waals surface area contributed by atoms with Crippen molar-refractivity contribution in [3.05, 3.63) is 35.0 Å². The van der Waals surface area contributed by atoms with Crippen LogP contribution in [0.3, 0.4) is 0 Å². The first-order valence-corrected chi connectivity index (χ1v) is 7.44. The van der Waals surface area contributed by atoms with Gasteiger partial charge < -0.3 is 4.57 Å². The minimum atomic E-state index is 0.602. The van der Waals surface area contributed by atoms with Gasteiger partial charge >= 0.3 is 0 Å². The van der Waals surface area contributed by atoms with E-state index >= 15 is 0 Å². The predicted octanol–water partition coefficient (Wildman–Crippen LogP) is 3.90. The van der Waals surface area contributed by atoms with E-state index in [0.717, 1.165) is 13.1 Å². The van der Waals surface area contributed by atoms with Gasteiger partial charge in [-0.05, 0) is 48.4 Å². The lowest BCUT2D eigenvalue weighted by molar-refractivity contribution is 0.682. The van der Waals surface area contributed by atoms with Gasteiger partial charge in [-0.1, -0.05) is 19.9 Å². The van der Waals surface area contributed by atoms with Crippen LogP contribution in [-0.4, -0.2) is 16.8 Å². The molecular formula is C17H20N2. The number of hydrogen-bond acceptors (Lipinski definition) is 1. The smallest absolute Gasteiger partial charge is 0.0665 e. The number of nitrogens with zero attached hydrogens (tertiary/aromatic N) is 2. The molecule has 0 radical (unpaired) electrons. The summed E-state index contributed by atoms with van der Waals surface area (Å²) in [6.07, 6.45) is 3.65. The van der Waals surface area contributed by atoms with Crippen LogP contribution in [0.25, 0.3) is 10.9 Å². The number of aromatic nitrogens is 1. The van der Waals surface area contributed by atoms with Gasteiger partial charge in [0.2, 0.25) is 0 Å². The molecule has 0 spiro atoms. The fraction of sp³-hybridized carbons (Fsp3) is 0.471. The van der Waals surface area contributed by atoms with Crippen LogP contribution >= 0.6 is 0 Å². The summed E-state index contributed by atoms with van der Waals surface area (Å²) in [4.78, 5) is 4.75. The number of benzene rings is 1. The van der Waals surface area contributed by atoms with Gasteiger partial charge in [0.15, 0.2) is 0 Å². The summed E-state index contributed by atoms with van der Waals surface area (Å²) < 4.78 is 2.51. The third-order valence-electron chi connectivity index (χ3n) is 4.60. The van der Waals surface area contributed by atoms with Crippen molar-refractivity contribution >= 4 is 16.6 Å². The molecule has 0 saturated carbocycles. The molecule has 2 aliphatic rings. The largest absolute Gasteiger partial charge is 0.337 e. The molecule has 0 saturated heterocycles. The van der Waals surface area contributed by atoms with Gasteiger partial charge in [-0.25, -0.2) is 0 Å². The van der Waals surface area contributed by atoms with Gasteiger partial charge in [0.1, 0.15) is 0 Å². The van der Waals surface area contributed by atoms with Crippen molar-refractivity contribution in [2.24, 2.45) is 4.99 Å². The number of aryl methyl sites for hydroxylation is 1. The first-order valence-electron chi connectivity index (χ1n) is 7.44. The van der Waals surface area contributed by atoms with Gasteiger partial charge in [0, 0.05) is 17.4 Å². The second-order valence-corrected chi connectivity index (χ2v) is 6.09. The first-order chi connectivity index (χ1) is 9.25. The van der Waals surface area contributed by atoms with Crippen LogP contribution in [-0.2, 0) is 13.0 Å². The zero-order valence-corrected chi connectivity index (χ0v) is 11.7. The van der Waals surface area contributed by atoms with Gasteiger partial charge in [-0.2, -0.15) is 0 Å². The molecule has 98 valence electrons. The summed E-state index contributed by atoms with van der Waals surface area (Å²) in [7, 11) is 0. The maximum Gasteiger partial charge on any atom is 0.0665 e. The van der Waals surface area contributed by atoms with Crippen LogP contribution in [0.1, 0.15) is 49.4 Å². The zero-order valence-electron chi connectivity index (χ0n) is 11.7. The number of aliphatic imine (C=N–C) groups is 1. The Morgan fingerprint density at radius 3 is 2.95 bits per heavy atom. The first kappa shape index (κ1) is 11.3. The summed E-state index contributed by atoms with van der Waals surface area (Å²) >= 11 is 0. The molecule has 0 amide bonds. The molecule has 0 fully saturated rings. The quantitative estimate of drug-likeness (QED) is 0.732. The fourth-order valence-corrected chi connectivity index (χ4v) is 3.61. The average molecular weight is 252 g/mol. The van der Waals surface area contributed by atoms with Crippen LogP contribution in [0.2, 0.25) is 0 Å². The Hall–Kier alpha value is -1.57. The molecule has 0 atom stereocenters. The van der Waals surface area contributed by atoms with Gasteiger partial charge in [-0.15, -0.1) is 0 Å². The molecule has 4 rings (SSSR count). The SMILES string of the molecule is CC(C)c1ccc2c(c1)c1c3n2CCN=C3CCC1. The zero-order chi connectivity index (χ0) is 13.0. The Balaban J connectivity index is 2.06. The van der Waals surface area contributed by atoms with Gasteiger partial charge in [-0.3, -0.25) is 4.99 Å². The van der Waals surface area contributed by atoms with E-state index in [4.69, 9.17) is 4.99 Å². The Morgan fingerprint density at radius 2 is 2.11 bits per heavy atom. The third kappa shape index (κ3) is 1.52. The van der Waals surface area contributed by atoms with Crippen LogP contribution in [0.4, 0.5) is 0 Å². The number of fused-ring (bicyclic) bond motifs is 3. The summed E-state index contributed by atoms with van der Waals surface area (Å²) in [6.45, 7) is 6.55. The molecule has 19 heavy (non-hydrogen) atoms. The Bertz CT molecular complexity index is 689. The molecule has 1 aliphatic carbocycles. The van der Waals surface area contributed by atoms with Gasteiger partial charge in [0.05, 0.1) is 18.0 Å². The molecule has 1 aromatic carbocycles. The minimum absolute atomic E-state index is 0.602. The number of rotatable bonds is 1. The van der Waals surface area contributed by atoms with E-state index in [0.29, 0.717) is 5.92 Å². The Labute approximate surface area is 114 Å². The fourth-order valence-electron chi connectivity index (χ4n) is 3.61. The summed E-state index contributed by atoms with van der Waals surface area (Å²) in [5.41, 5.74) is 7.24. The molecule has 0 N–H and O–H groups in total. The van der Waals surface area contributed by atoms with E-state index in [1.165, 1.54) is 47.1 Å². The van der Waals surface area contributed by atoms with Crippen LogP contribution in [0, 0.1) is 0 Å².